The van der Waals surface area contributed by atoms with Crippen LogP contribution in [-0.2, 0) is 10.8 Å². The minimum atomic E-state index is -0.134. The van der Waals surface area contributed by atoms with Crippen molar-refractivity contribution in [3.63, 3.8) is 0 Å². The maximum absolute atomic E-state index is 2.64. The van der Waals surface area contributed by atoms with Crippen molar-refractivity contribution in [2.24, 2.45) is 0 Å². The van der Waals surface area contributed by atoms with Crippen LogP contribution in [0.15, 0.2) is 206 Å². The Morgan fingerprint density at radius 2 is 0.622 bits per heavy atom. The highest BCUT2D eigenvalue weighted by Gasteiger charge is 2.50. The first kappa shape index (κ1) is 43.8. The van der Waals surface area contributed by atoms with E-state index in [2.05, 4.69) is 267 Å². The molecule has 0 fully saturated rings. The summed E-state index contributed by atoms with van der Waals surface area (Å²) in [6, 6.07) is 78.1. The molecule has 74 heavy (non-hydrogen) atoms. The van der Waals surface area contributed by atoms with Crippen molar-refractivity contribution < 1.29 is 0 Å². The quantitative estimate of drug-likeness (QED) is 0.163. The second kappa shape index (κ2) is 15.9. The Balaban J connectivity index is 1.11. The van der Waals surface area contributed by atoms with Crippen molar-refractivity contribution in [3.05, 3.63) is 217 Å². The second-order valence-electron chi connectivity index (χ2n) is 22.5. The Hall–Kier alpha value is -7.77. The van der Waals surface area contributed by atoms with Crippen LogP contribution in [0.5, 0.6) is 0 Å². The van der Waals surface area contributed by atoms with E-state index in [1.165, 1.54) is 120 Å². The molecule has 11 aromatic rings. The topological polar surface area (TPSA) is 13.0 Å². The van der Waals surface area contributed by atoms with Gasteiger partial charge in [-0.25, -0.2) is 0 Å². The smallest absolute Gasteiger partial charge is 0.264 e. The maximum Gasteiger partial charge on any atom is 0.264 e. The minimum absolute atomic E-state index is 0.0445. The lowest BCUT2D eigenvalue weighted by Gasteiger charge is -2.47. The zero-order valence-corrected chi connectivity index (χ0v) is 44.0. The van der Waals surface area contributed by atoms with Gasteiger partial charge in [0.1, 0.15) is 0 Å². The number of hydrogen-bond acceptors (Lipinski definition) is 6. The highest BCUT2D eigenvalue weighted by molar-refractivity contribution is 7.34. The minimum Gasteiger partial charge on any atom is -0.311 e. The second-order valence-corrected chi connectivity index (χ2v) is 24.7. The van der Waals surface area contributed by atoms with E-state index in [-0.39, 0.29) is 24.3 Å². The molecule has 354 valence electrons. The molecule has 0 saturated carbocycles. The first-order chi connectivity index (χ1) is 36.0. The van der Waals surface area contributed by atoms with Crippen LogP contribution in [0.4, 0.5) is 68.2 Å². The largest absolute Gasteiger partial charge is 0.311 e. The van der Waals surface area contributed by atoms with Gasteiger partial charge in [0, 0.05) is 86.6 Å². The number of para-hydroxylation sites is 4. The lowest BCUT2D eigenvalue weighted by atomic mass is 9.33. The van der Waals surface area contributed by atoms with Crippen LogP contribution in [-0.4, -0.2) is 13.4 Å². The number of rotatable bonds is 4. The lowest BCUT2D eigenvalue weighted by Crippen LogP contribution is -2.63. The Morgan fingerprint density at radius 1 is 0.324 bits per heavy atom. The third-order valence-corrected chi connectivity index (χ3v) is 18.5. The summed E-state index contributed by atoms with van der Waals surface area (Å²) in [4.78, 5) is 10.4. The molecule has 0 N–H and O–H groups in total. The van der Waals surface area contributed by atoms with Crippen LogP contribution in [0.3, 0.4) is 0 Å². The molecule has 8 heteroatoms. The van der Waals surface area contributed by atoms with Crippen LogP contribution < -0.4 is 51.0 Å². The standard InChI is InChI=1S/C66H52B2N4S2/c1-65(2,3)41-35-53-59-55(37-41)71(45-27-15-9-16-28-45)61-47-31-19-21-33-57(47)73-63(61)67(59)49-40-52-50(39-51(49)69(53)43-23-11-7-12-24-43)68-60-54(70(52)44-25-13-8-14-26-44)36-42(66(4,5)6)38-56(60)72(46-29-17-10-18-30-46)62-48-32-20-22-34-58(48)74-64(62)68/h7-40H,1-6H3. The van der Waals surface area contributed by atoms with Crippen LogP contribution in [0.25, 0.3) is 20.2 Å². The molecule has 0 unspecified atom stereocenters. The molecule has 0 radical (unpaired) electrons. The number of hydrogen-bond donors (Lipinski definition) is 0. The molecular formula is C66H52B2N4S2. The van der Waals surface area contributed by atoms with Crippen molar-refractivity contribution in [3.8, 4) is 0 Å². The summed E-state index contributed by atoms with van der Waals surface area (Å²) in [5.74, 6) is 0. The average Bonchev–Trinajstić information content (AvgIpc) is 4.02. The first-order valence-corrected chi connectivity index (χ1v) is 27.6. The number of thiophene rings is 2. The Bertz CT molecular complexity index is 3820. The fourth-order valence-electron chi connectivity index (χ4n) is 12.6. The van der Waals surface area contributed by atoms with Gasteiger partial charge in [0.25, 0.3) is 13.4 Å². The summed E-state index contributed by atoms with van der Waals surface area (Å²) in [7, 11) is 0. The fourth-order valence-corrected chi connectivity index (χ4v) is 15.3. The van der Waals surface area contributed by atoms with E-state index in [4.69, 9.17) is 0 Å². The van der Waals surface area contributed by atoms with Gasteiger partial charge < -0.3 is 19.6 Å². The molecule has 4 nitrogen and oxygen atoms in total. The highest BCUT2D eigenvalue weighted by Crippen LogP contribution is 2.53. The maximum atomic E-state index is 2.64. The van der Waals surface area contributed by atoms with Gasteiger partial charge in [-0.3, -0.25) is 0 Å². The van der Waals surface area contributed by atoms with Gasteiger partial charge in [-0.15, -0.1) is 22.7 Å². The first-order valence-electron chi connectivity index (χ1n) is 26.0. The highest BCUT2D eigenvalue weighted by atomic mass is 32.1. The predicted molar refractivity (Wildman–Crippen MR) is 323 cm³/mol. The van der Waals surface area contributed by atoms with E-state index < -0.39 is 0 Å². The van der Waals surface area contributed by atoms with E-state index >= 15 is 0 Å². The van der Waals surface area contributed by atoms with Crippen molar-refractivity contribution in [1.82, 2.24) is 0 Å². The molecule has 15 rings (SSSR count). The number of benzene rings is 9. The molecule has 0 aliphatic carbocycles. The Morgan fingerprint density at radius 3 is 0.959 bits per heavy atom. The number of anilines is 12. The monoisotopic (exact) mass is 986 g/mol. The summed E-state index contributed by atoms with van der Waals surface area (Å²) in [6.07, 6.45) is 0. The van der Waals surface area contributed by atoms with E-state index in [0.717, 1.165) is 11.4 Å². The van der Waals surface area contributed by atoms with Crippen molar-refractivity contribution in [1.29, 1.82) is 0 Å². The third kappa shape index (κ3) is 6.28. The van der Waals surface area contributed by atoms with Gasteiger partial charge in [0.2, 0.25) is 0 Å². The van der Waals surface area contributed by atoms with Gasteiger partial charge in [-0.2, -0.15) is 0 Å². The summed E-state index contributed by atoms with van der Waals surface area (Å²) in [5.41, 5.74) is 22.4. The molecule has 4 aliphatic heterocycles. The van der Waals surface area contributed by atoms with Crippen LogP contribution >= 0.6 is 22.7 Å². The Kier molecular flexibility index (Phi) is 9.39. The summed E-state index contributed by atoms with van der Waals surface area (Å²) in [5, 5.41) is 2.58. The van der Waals surface area contributed by atoms with Gasteiger partial charge in [-0.05, 0) is 141 Å². The SMILES string of the molecule is CC(C)(C)c1cc2c3c(c1)N(c1ccccc1)c1c(sc4ccccc14)B3c1cc3c(cc1N2c1ccccc1)B1c2sc4ccccc4c2N(c2ccccc2)c2cc(C(C)(C)C)cc(c21)N3c1ccccc1. The summed E-state index contributed by atoms with van der Waals surface area (Å²) < 4.78 is 5.37. The molecule has 6 heterocycles. The number of nitrogens with zero attached hydrogens (tertiary/aromatic N) is 4. The normalized spacial score (nSPS) is 14.2. The van der Waals surface area contributed by atoms with Crippen molar-refractivity contribution >= 4 is 156 Å². The van der Waals surface area contributed by atoms with Crippen LogP contribution in [0.1, 0.15) is 52.7 Å². The molecule has 0 bridgehead atoms. The molecular weight excluding hydrogens is 935 g/mol. The zero-order chi connectivity index (χ0) is 49.8. The van der Waals surface area contributed by atoms with E-state index in [1.807, 2.05) is 22.7 Å². The van der Waals surface area contributed by atoms with Gasteiger partial charge >= 0.3 is 0 Å². The zero-order valence-electron chi connectivity index (χ0n) is 42.4. The molecule has 0 atom stereocenters. The van der Waals surface area contributed by atoms with E-state index in [9.17, 15) is 0 Å². The molecule has 9 aromatic carbocycles. The van der Waals surface area contributed by atoms with E-state index in [1.54, 1.807) is 0 Å². The molecule has 0 amide bonds. The fraction of sp³-hybridized carbons (Fsp3) is 0.121. The van der Waals surface area contributed by atoms with E-state index in [0.29, 0.717) is 0 Å². The van der Waals surface area contributed by atoms with Crippen molar-refractivity contribution in [2.45, 2.75) is 52.4 Å². The van der Waals surface area contributed by atoms with Crippen LogP contribution in [0.2, 0.25) is 0 Å². The summed E-state index contributed by atoms with van der Waals surface area (Å²) >= 11 is 3.93. The Labute approximate surface area is 442 Å². The molecule has 2 aromatic heterocycles. The van der Waals surface area contributed by atoms with Gasteiger partial charge in [0.15, 0.2) is 0 Å². The number of fused-ring (bicyclic) bond motifs is 12. The van der Waals surface area contributed by atoms with Crippen molar-refractivity contribution in [2.75, 3.05) is 19.6 Å². The lowest BCUT2D eigenvalue weighted by molar-refractivity contribution is 0.590. The van der Waals surface area contributed by atoms with Gasteiger partial charge in [0.05, 0.1) is 11.4 Å². The molecule has 0 saturated heterocycles. The van der Waals surface area contributed by atoms with Crippen LogP contribution in [0, 0.1) is 0 Å². The third-order valence-electron chi connectivity index (χ3n) is 16.0. The van der Waals surface area contributed by atoms with Gasteiger partial charge in [-0.1, -0.05) is 151 Å². The summed E-state index contributed by atoms with van der Waals surface area (Å²) in [6.45, 7) is 14.1. The molecule has 0 spiro atoms. The molecule has 4 aliphatic rings. The predicted octanol–water partition coefficient (Wildman–Crippen LogP) is 14.9. The average molecular weight is 987 g/mol.